The summed E-state index contributed by atoms with van der Waals surface area (Å²) in [5.74, 6) is -1.59. The normalized spacial score (nSPS) is 24.7. The SMILES string of the molecule is CCOC(=O)C1CCCCN1C(=O)CC1(c2ccccc2Cl)CC(=O)N(C)C1=O. The first kappa shape index (κ1) is 21.3. The van der Waals surface area contributed by atoms with Crippen molar-refractivity contribution < 1.29 is 23.9 Å². The van der Waals surface area contributed by atoms with Crippen LogP contribution in [-0.4, -0.2) is 59.7 Å². The van der Waals surface area contributed by atoms with Crippen molar-refractivity contribution in [1.82, 2.24) is 9.80 Å². The van der Waals surface area contributed by atoms with Gasteiger partial charge in [0.15, 0.2) is 0 Å². The zero-order valence-electron chi connectivity index (χ0n) is 16.7. The first-order chi connectivity index (χ1) is 13.8. The molecule has 2 aliphatic rings. The molecule has 1 aromatic carbocycles. The largest absolute Gasteiger partial charge is 0.464 e. The number of hydrogen-bond acceptors (Lipinski definition) is 5. The van der Waals surface area contributed by atoms with Gasteiger partial charge in [0, 0.05) is 31.5 Å². The average molecular weight is 421 g/mol. The molecule has 2 unspecified atom stereocenters. The summed E-state index contributed by atoms with van der Waals surface area (Å²) in [7, 11) is 1.41. The molecule has 3 amide bonds. The molecular formula is C21H25ClN2O5. The predicted molar refractivity (Wildman–Crippen MR) is 106 cm³/mol. The van der Waals surface area contributed by atoms with E-state index >= 15 is 0 Å². The maximum absolute atomic E-state index is 13.3. The highest BCUT2D eigenvalue weighted by molar-refractivity contribution is 6.32. The molecule has 8 heteroatoms. The van der Waals surface area contributed by atoms with Gasteiger partial charge in [0.2, 0.25) is 17.7 Å². The van der Waals surface area contributed by atoms with Crippen molar-refractivity contribution in [3.63, 3.8) is 0 Å². The lowest BCUT2D eigenvalue weighted by Gasteiger charge is -2.36. The maximum Gasteiger partial charge on any atom is 0.328 e. The number of piperidine rings is 1. The molecule has 2 heterocycles. The number of benzene rings is 1. The summed E-state index contributed by atoms with van der Waals surface area (Å²) < 4.78 is 5.13. The fraction of sp³-hybridized carbons (Fsp3) is 0.524. The molecule has 1 aromatic rings. The quantitative estimate of drug-likeness (QED) is 0.539. The molecule has 2 atom stereocenters. The molecule has 2 saturated heterocycles. The van der Waals surface area contributed by atoms with Gasteiger partial charge in [-0.3, -0.25) is 19.3 Å². The van der Waals surface area contributed by atoms with Crippen LogP contribution in [0.15, 0.2) is 24.3 Å². The van der Waals surface area contributed by atoms with Crippen LogP contribution >= 0.6 is 11.6 Å². The van der Waals surface area contributed by atoms with Crippen molar-refractivity contribution >= 4 is 35.3 Å². The highest BCUT2D eigenvalue weighted by Crippen LogP contribution is 2.43. The smallest absolute Gasteiger partial charge is 0.328 e. The number of likely N-dealkylation sites (tertiary alicyclic amines) is 2. The van der Waals surface area contributed by atoms with Gasteiger partial charge in [0.1, 0.15) is 6.04 Å². The second kappa shape index (κ2) is 8.53. The van der Waals surface area contributed by atoms with Crippen molar-refractivity contribution in [2.75, 3.05) is 20.2 Å². The second-order valence-corrected chi connectivity index (χ2v) is 7.93. The Hall–Kier alpha value is -2.41. The van der Waals surface area contributed by atoms with Gasteiger partial charge in [-0.25, -0.2) is 4.79 Å². The van der Waals surface area contributed by atoms with Gasteiger partial charge in [-0.2, -0.15) is 0 Å². The Morgan fingerprint density at radius 2 is 1.97 bits per heavy atom. The number of carbonyl (C=O) groups is 4. The number of imide groups is 1. The first-order valence-electron chi connectivity index (χ1n) is 9.84. The lowest BCUT2D eigenvalue weighted by atomic mass is 9.75. The van der Waals surface area contributed by atoms with E-state index in [0.29, 0.717) is 23.6 Å². The van der Waals surface area contributed by atoms with E-state index in [-0.39, 0.29) is 31.3 Å². The molecule has 0 radical (unpaired) electrons. The molecule has 0 N–H and O–H groups in total. The Balaban J connectivity index is 1.95. The Bertz CT molecular complexity index is 842. The van der Waals surface area contributed by atoms with Crippen LogP contribution in [0.4, 0.5) is 0 Å². The molecule has 3 rings (SSSR count). The van der Waals surface area contributed by atoms with Crippen molar-refractivity contribution in [1.29, 1.82) is 0 Å². The van der Waals surface area contributed by atoms with Crippen LogP contribution in [0.1, 0.15) is 44.6 Å². The molecule has 0 spiro atoms. The topological polar surface area (TPSA) is 84.0 Å². The second-order valence-electron chi connectivity index (χ2n) is 7.52. The molecule has 0 aliphatic carbocycles. The lowest BCUT2D eigenvalue weighted by Crippen LogP contribution is -2.51. The number of likely N-dealkylation sites (N-methyl/N-ethyl adjacent to an activating group) is 1. The van der Waals surface area contributed by atoms with Gasteiger partial charge in [0.25, 0.3) is 0 Å². The summed E-state index contributed by atoms with van der Waals surface area (Å²) in [6.45, 7) is 2.37. The van der Waals surface area contributed by atoms with E-state index in [0.717, 1.165) is 17.7 Å². The van der Waals surface area contributed by atoms with Crippen molar-refractivity contribution in [3.05, 3.63) is 34.9 Å². The number of carbonyl (C=O) groups excluding carboxylic acids is 4. The standard InChI is InChI=1S/C21H25ClN2O5/c1-3-29-19(27)16-10-6-7-11-24(16)18(26)13-21(12-17(25)23(2)20(21)28)14-8-4-5-9-15(14)22/h4-5,8-9,16H,3,6-7,10-13H2,1-2H3. The Kier molecular flexibility index (Phi) is 6.27. The number of esters is 1. The summed E-state index contributed by atoms with van der Waals surface area (Å²) >= 11 is 6.36. The van der Waals surface area contributed by atoms with Crippen LogP contribution in [0.25, 0.3) is 0 Å². The van der Waals surface area contributed by atoms with Crippen LogP contribution in [0.2, 0.25) is 5.02 Å². The maximum atomic E-state index is 13.3. The van der Waals surface area contributed by atoms with E-state index in [2.05, 4.69) is 0 Å². The summed E-state index contributed by atoms with van der Waals surface area (Å²) in [4.78, 5) is 53.7. The highest BCUT2D eigenvalue weighted by atomic mass is 35.5. The molecule has 0 bridgehead atoms. The molecule has 7 nitrogen and oxygen atoms in total. The third-order valence-corrected chi connectivity index (χ3v) is 6.09. The van der Waals surface area contributed by atoms with E-state index in [1.54, 1.807) is 31.2 Å². The minimum atomic E-state index is -1.36. The average Bonchev–Trinajstić information content (AvgIpc) is 2.92. The van der Waals surface area contributed by atoms with Crippen LogP contribution in [0.5, 0.6) is 0 Å². The summed E-state index contributed by atoms with van der Waals surface area (Å²) in [6.07, 6.45) is 1.77. The third kappa shape index (κ3) is 3.88. The highest BCUT2D eigenvalue weighted by Gasteiger charge is 2.54. The molecule has 29 heavy (non-hydrogen) atoms. The zero-order valence-corrected chi connectivity index (χ0v) is 17.4. The van der Waals surface area contributed by atoms with Crippen LogP contribution in [0.3, 0.4) is 0 Å². The minimum absolute atomic E-state index is 0.129. The van der Waals surface area contributed by atoms with Crippen LogP contribution in [-0.2, 0) is 29.3 Å². The molecule has 0 aromatic heterocycles. The third-order valence-electron chi connectivity index (χ3n) is 5.77. The summed E-state index contributed by atoms with van der Waals surface area (Å²) in [6, 6.07) is 6.12. The van der Waals surface area contributed by atoms with Gasteiger partial charge in [-0.15, -0.1) is 0 Å². The van der Waals surface area contributed by atoms with E-state index in [1.807, 2.05) is 0 Å². The predicted octanol–water partition coefficient (Wildman–Crippen LogP) is 2.30. The molecular weight excluding hydrogens is 396 g/mol. The number of rotatable bonds is 5. The van der Waals surface area contributed by atoms with Gasteiger partial charge in [0.05, 0.1) is 12.0 Å². The van der Waals surface area contributed by atoms with Gasteiger partial charge in [-0.05, 0) is 37.8 Å². The number of ether oxygens (including phenoxy) is 1. The van der Waals surface area contributed by atoms with E-state index < -0.39 is 23.3 Å². The molecule has 0 saturated carbocycles. The Morgan fingerprint density at radius 3 is 2.59 bits per heavy atom. The van der Waals surface area contributed by atoms with Crippen LogP contribution in [0, 0.1) is 0 Å². The molecule has 2 aliphatic heterocycles. The van der Waals surface area contributed by atoms with Crippen molar-refractivity contribution in [2.24, 2.45) is 0 Å². The molecule has 156 valence electrons. The van der Waals surface area contributed by atoms with Gasteiger partial charge in [-0.1, -0.05) is 29.8 Å². The Morgan fingerprint density at radius 1 is 1.24 bits per heavy atom. The van der Waals surface area contributed by atoms with E-state index in [4.69, 9.17) is 16.3 Å². The number of nitrogens with zero attached hydrogens (tertiary/aromatic N) is 2. The number of amides is 3. The fourth-order valence-corrected chi connectivity index (χ4v) is 4.57. The summed E-state index contributed by atoms with van der Waals surface area (Å²) in [5, 5.41) is 0.331. The fourth-order valence-electron chi connectivity index (χ4n) is 4.25. The number of halogens is 1. The monoisotopic (exact) mass is 420 g/mol. The lowest BCUT2D eigenvalue weighted by molar-refractivity contribution is -0.157. The van der Waals surface area contributed by atoms with Crippen LogP contribution < -0.4 is 0 Å². The van der Waals surface area contributed by atoms with Crippen molar-refractivity contribution in [2.45, 2.75) is 50.5 Å². The minimum Gasteiger partial charge on any atom is -0.464 e. The van der Waals surface area contributed by atoms with Crippen molar-refractivity contribution in [3.8, 4) is 0 Å². The summed E-state index contributed by atoms with van der Waals surface area (Å²) in [5.41, 5.74) is -0.903. The van der Waals surface area contributed by atoms with E-state index in [9.17, 15) is 19.2 Å². The zero-order chi connectivity index (χ0) is 21.2. The molecule has 2 fully saturated rings. The van der Waals surface area contributed by atoms with E-state index in [1.165, 1.54) is 11.9 Å². The first-order valence-corrected chi connectivity index (χ1v) is 10.2. The number of hydrogen-bond donors (Lipinski definition) is 0. The van der Waals surface area contributed by atoms with Gasteiger partial charge >= 0.3 is 5.97 Å². The Labute approximate surface area is 174 Å². The van der Waals surface area contributed by atoms with Gasteiger partial charge < -0.3 is 9.64 Å².